The third-order valence-electron chi connectivity index (χ3n) is 11.5. The Labute approximate surface area is 346 Å². The lowest BCUT2D eigenvalue weighted by molar-refractivity contribution is -0.121. The molecule has 2 saturated heterocycles. The van der Waals surface area contributed by atoms with Crippen molar-refractivity contribution < 1.29 is 28.2 Å². The maximum atomic E-state index is 16.8. The minimum Gasteiger partial charge on any atom is -0.508 e. The van der Waals surface area contributed by atoms with Gasteiger partial charge in [0, 0.05) is 55.4 Å². The number of nitrogens with one attached hydrogen (secondary N) is 1. The van der Waals surface area contributed by atoms with Crippen molar-refractivity contribution in [3.63, 3.8) is 0 Å². The normalized spacial score (nSPS) is 21.5. The van der Waals surface area contributed by atoms with Gasteiger partial charge in [0.2, 0.25) is 5.91 Å². The molecule has 6 rings (SSSR count). The van der Waals surface area contributed by atoms with Crippen LogP contribution in [0.5, 0.6) is 5.75 Å². The number of carbonyl (C=O) groups excluding carboxylic acids is 1. The highest BCUT2D eigenvalue weighted by molar-refractivity contribution is 6.29. The largest absolute Gasteiger partial charge is 0.508 e. The average Bonchev–Trinajstić information content (AvgIpc) is 3.67. The summed E-state index contributed by atoms with van der Waals surface area (Å²) in [6.07, 6.45) is 9.98. The maximum absolute atomic E-state index is 16.8. The van der Waals surface area contributed by atoms with Gasteiger partial charge in [-0.2, -0.15) is 0 Å². The van der Waals surface area contributed by atoms with Gasteiger partial charge in [0.15, 0.2) is 5.83 Å². The third kappa shape index (κ3) is 9.38. The molecule has 0 bridgehead atoms. The number of allylic oxidation sites excluding steroid dienone is 2. The molecule has 10 nitrogen and oxygen atoms in total. The van der Waals surface area contributed by atoms with E-state index in [4.69, 9.17) is 15.9 Å². The molecule has 3 aliphatic rings. The number of aromatic hydroxyl groups is 1. The van der Waals surface area contributed by atoms with Crippen molar-refractivity contribution >= 4 is 41.0 Å². The number of benzene rings is 3. The first-order valence-electron chi connectivity index (χ1n) is 19.8. The summed E-state index contributed by atoms with van der Waals surface area (Å²) < 4.78 is 44.3. The van der Waals surface area contributed by atoms with Crippen molar-refractivity contribution in [2.24, 2.45) is 20.4 Å². The van der Waals surface area contributed by atoms with Crippen molar-refractivity contribution in [1.29, 1.82) is 0 Å². The Morgan fingerprint density at radius 2 is 1.95 bits per heavy atom. The Hall–Kier alpha value is -5.48. The van der Waals surface area contributed by atoms with Crippen LogP contribution in [0.25, 0.3) is 16.5 Å². The number of amides is 1. The molecule has 3 unspecified atom stereocenters. The fourth-order valence-corrected chi connectivity index (χ4v) is 8.14. The van der Waals surface area contributed by atoms with Gasteiger partial charge in [0.25, 0.3) is 0 Å². The number of aliphatic imine (C=N–C) groups is 3. The molecule has 0 aliphatic carbocycles. The van der Waals surface area contributed by atoms with Crippen molar-refractivity contribution in [3.05, 3.63) is 106 Å². The quantitative estimate of drug-likeness (QED) is 0.0747. The predicted octanol–water partition coefficient (Wildman–Crippen LogP) is 7.75. The van der Waals surface area contributed by atoms with Gasteiger partial charge < -0.3 is 24.8 Å². The molecule has 0 saturated carbocycles. The minimum absolute atomic E-state index is 0.00217. The number of phenols is 1. The summed E-state index contributed by atoms with van der Waals surface area (Å²) in [6.45, 7) is 18.2. The lowest BCUT2D eigenvalue weighted by Gasteiger charge is -2.34. The van der Waals surface area contributed by atoms with E-state index < -0.39 is 11.6 Å². The van der Waals surface area contributed by atoms with E-state index in [1.807, 2.05) is 31.2 Å². The van der Waals surface area contributed by atoms with Gasteiger partial charge in [-0.3, -0.25) is 19.7 Å². The molecule has 12 heteroatoms. The zero-order valence-electron chi connectivity index (χ0n) is 34.9. The molecule has 1 amide bonds. The molecule has 3 heterocycles. The number of phenolic OH excluding ortho intramolecular Hbond substituents is 1. The van der Waals surface area contributed by atoms with E-state index in [9.17, 15) is 14.3 Å². The molecule has 3 atom stereocenters. The first-order chi connectivity index (χ1) is 28.0. The van der Waals surface area contributed by atoms with Crippen LogP contribution in [0.2, 0.25) is 0 Å². The van der Waals surface area contributed by atoms with Gasteiger partial charge >= 0.3 is 0 Å². The zero-order chi connectivity index (χ0) is 42.6. The van der Waals surface area contributed by atoms with Gasteiger partial charge in [-0.15, -0.1) is 6.42 Å². The van der Waals surface area contributed by atoms with Crippen LogP contribution >= 0.6 is 0 Å². The van der Waals surface area contributed by atoms with Crippen LogP contribution in [0.1, 0.15) is 69.2 Å². The van der Waals surface area contributed by atoms with Gasteiger partial charge in [-0.1, -0.05) is 69.2 Å². The third-order valence-corrected chi connectivity index (χ3v) is 11.5. The summed E-state index contributed by atoms with van der Waals surface area (Å²) in [5, 5.41) is 14.4. The number of rotatable bonds is 14. The first-order valence-corrected chi connectivity index (χ1v) is 19.8. The van der Waals surface area contributed by atoms with E-state index in [1.165, 1.54) is 30.5 Å². The lowest BCUT2D eigenvalue weighted by atomic mass is 9.88. The number of nitrogens with zero attached hydrogens (tertiary/aromatic N) is 5. The number of carbonyl (C=O) groups is 1. The Balaban J connectivity index is 1.15. The van der Waals surface area contributed by atoms with Crippen molar-refractivity contribution in [2.45, 2.75) is 77.6 Å². The van der Waals surface area contributed by atoms with E-state index in [2.05, 4.69) is 65.2 Å². The van der Waals surface area contributed by atoms with Crippen LogP contribution in [0.4, 0.5) is 8.78 Å². The molecule has 0 spiro atoms. The SMILES string of the molecule is C#Cc1c(F)ccc2cc(O)cc(C3=C(F)C(=N/COCC45CCC(COCc6cccc(CC(=O)NC(C)C(C)(C)C)c6)N4CC(=C)C5)/C(=C(\N=C)N(C)C)C=N3)c12. The molecule has 0 aromatic heterocycles. The number of terminal acetylenes is 1. The Bertz CT molecular complexity index is 2320. The summed E-state index contributed by atoms with van der Waals surface area (Å²) in [7, 11) is 3.49. The maximum Gasteiger partial charge on any atom is 0.224 e. The highest BCUT2D eigenvalue weighted by Gasteiger charge is 2.50. The summed E-state index contributed by atoms with van der Waals surface area (Å²) >= 11 is 0. The molecule has 2 N–H and O–H groups in total. The van der Waals surface area contributed by atoms with Crippen LogP contribution in [-0.4, -0.2) is 97.7 Å². The monoisotopic (exact) mass is 804 g/mol. The summed E-state index contributed by atoms with van der Waals surface area (Å²) in [5.74, 6) is 1.06. The average molecular weight is 805 g/mol. The second-order valence-corrected chi connectivity index (χ2v) is 17.0. The van der Waals surface area contributed by atoms with E-state index in [1.54, 1.807) is 19.0 Å². The van der Waals surface area contributed by atoms with Gasteiger partial charge in [-0.25, -0.2) is 13.8 Å². The molecular formula is C47H54F2N6O4. The summed E-state index contributed by atoms with van der Waals surface area (Å²) in [4.78, 5) is 30.0. The van der Waals surface area contributed by atoms with E-state index >= 15 is 4.39 Å². The molecule has 59 heavy (non-hydrogen) atoms. The Morgan fingerprint density at radius 1 is 1.19 bits per heavy atom. The second-order valence-electron chi connectivity index (χ2n) is 17.0. The second kappa shape index (κ2) is 17.8. The number of hydrogen-bond acceptors (Lipinski definition) is 9. The molecule has 3 aromatic rings. The number of hydrogen-bond donors (Lipinski definition) is 2. The number of ether oxygens (including phenoxy) is 2. The van der Waals surface area contributed by atoms with E-state index in [0.717, 1.165) is 42.5 Å². The highest BCUT2D eigenvalue weighted by atomic mass is 19.1. The van der Waals surface area contributed by atoms with Crippen LogP contribution in [0.3, 0.4) is 0 Å². The van der Waals surface area contributed by atoms with E-state index in [0.29, 0.717) is 37.4 Å². The minimum atomic E-state index is -0.815. The van der Waals surface area contributed by atoms with Crippen molar-refractivity contribution in [2.75, 3.05) is 40.6 Å². The number of fused-ring (bicyclic) bond motifs is 2. The summed E-state index contributed by atoms with van der Waals surface area (Å²) in [6, 6.07) is 13.6. The van der Waals surface area contributed by atoms with Crippen molar-refractivity contribution in [1.82, 2.24) is 15.1 Å². The zero-order valence-corrected chi connectivity index (χ0v) is 34.9. The van der Waals surface area contributed by atoms with Gasteiger partial charge in [-0.05, 0) is 73.0 Å². The Morgan fingerprint density at radius 3 is 2.66 bits per heavy atom. The standard InChI is InChI=1S/C47H54F2N6O4/c1-10-36-39(48)15-14-33-20-35(56)21-37(41(33)36)43-42(49)44(38(23-51-43)45(50-7)54(8)9)52-28-59-27-47-17-16-34(55(47)24-29(2)22-47)26-58-25-32-13-11-12-31(18-32)19-40(57)53-30(3)46(4,5)6/h1,11-15,18,20-21,23,30,34,56H,2,7,16-17,19,22,24-28H2,3-6,8-9H3,(H,53,57)/b45-38+,52-44+. The molecule has 310 valence electrons. The van der Waals surface area contributed by atoms with E-state index in [-0.39, 0.29) is 74.9 Å². The van der Waals surface area contributed by atoms with Crippen LogP contribution in [0, 0.1) is 23.6 Å². The molecular weight excluding hydrogens is 751 g/mol. The molecule has 3 aromatic carbocycles. The predicted molar refractivity (Wildman–Crippen MR) is 232 cm³/mol. The van der Waals surface area contributed by atoms with Gasteiger partial charge in [0.05, 0.1) is 37.4 Å². The lowest BCUT2D eigenvalue weighted by Crippen LogP contribution is -2.47. The van der Waals surface area contributed by atoms with Crippen LogP contribution in [0.15, 0.2) is 92.9 Å². The number of halogens is 2. The topological polar surface area (TPSA) is 111 Å². The van der Waals surface area contributed by atoms with Crippen LogP contribution in [-0.2, 0) is 27.3 Å². The first kappa shape index (κ1) is 43.1. The molecule has 3 aliphatic heterocycles. The van der Waals surface area contributed by atoms with Crippen LogP contribution < -0.4 is 5.32 Å². The smallest absolute Gasteiger partial charge is 0.224 e. The fourth-order valence-electron chi connectivity index (χ4n) is 8.14. The summed E-state index contributed by atoms with van der Waals surface area (Å²) in [5.41, 5.74) is 2.80. The molecule has 2 fully saturated rings. The van der Waals surface area contributed by atoms with Crippen molar-refractivity contribution in [3.8, 4) is 18.1 Å². The Kier molecular flexibility index (Phi) is 13.0. The van der Waals surface area contributed by atoms with Gasteiger partial charge in [0.1, 0.15) is 35.5 Å². The highest BCUT2D eigenvalue weighted by Crippen LogP contribution is 2.44. The fraction of sp³-hybridized carbons (Fsp3) is 0.404. The molecule has 0 radical (unpaired) electrons.